The van der Waals surface area contributed by atoms with Gasteiger partial charge in [-0.15, -0.1) is 11.8 Å². The number of aromatic amines is 2. The maximum Gasteiger partial charge on any atom is 0.407 e. The summed E-state index contributed by atoms with van der Waals surface area (Å²) in [7, 11) is 2.57. The maximum atomic E-state index is 13.9. The summed E-state index contributed by atoms with van der Waals surface area (Å²) in [6, 6.07) is 28.4. The normalized spacial score (nSPS) is 17.3. The van der Waals surface area contributed by atoms with Crippen LogP contribution < -0.4 is 10.6 Å². The summed E-state index contributed by atoms with van der Waals surface area (Å²) in [4.78, 5) is 71.6. The van der Waals surface area contributed by atoms with Gasteiger partial charge in [0.05, 0.1) is 44.0 Å². The number of thioether (sulfide) groups is 1. The van der Waals surface area contributed by atoms with Crippen molar-refractivity contribution in [3.63, 3.8) is 0 Å². The number of alkyl carbamates (subject to hydrolysis) is 2. The molecule has 6 aromatic rings. The smallest absolute Gasteiger partial charge is 0.407 e. The van der Waals surface area contributed by atoms with Gasteiger partial charge in [0.2, 0.25) is 5.91 Å². The van der Waals surface area contributed by atoms with Crippen molar-refractivity contribution in [1.29, 1.82) is 0 Å². The minimum Gasteiger partial charge on any atom is -0.453 e. The van der Waals surface area contributed by atoms with E-state index in [1.54, 1.807) is 22.9 Å². The van der Waals surface area contributed by atoms with Gasteiger partial charge in [0, 0.05) is 24.4 Å². The highest BCUT2D eigenvalue weighted by molar-refractivity contribution is 7.99. The number of H-pyrrole nitrogens is 2. The standard InChI is InChI=1S/C46H48N8O6S/c1-27(2)38(51-45(57)59-3)42(55)53-20-8-11-37(53)40-47-26-36(49-40)34-19-18-32-23-31(16-17-33(32)24-34)28-12-14-29(15-13-28)35-25-48-41(50-35)44-54(21-22-61-44)43(56)39(52-46(58)60-4)30-9-6-5-7-10-30/h5-7,9-10,12-19,23-27,37-39,44H,8,11,20-22H2,1-4H3,(H,47,49)(H,48,50)(H,51,57)(H,52,58)/t37-,38?,39+,44-/m0/s1. The van der Waals surface area contributed by atoms with Crippen LogP contribution in [-0.2, 0) is 19.1 Å². The Morgan fingerprint density at radius 2 is 1.31 bits per heavy atom. The molecule has 4 heterocycles. The second-order valence-corrected chi connectivity index (χ2v) is 16.7. The van der Waals surface area contributed by atoms with Gasteiger partial charge < -0.3 is 39.9 Å². The number of benzene rings is 4. The van der Waals surface area contributed by atoms with E-state index in [2.05, 4.69) is 81.3 Å². The summed E-state index contributed by atoms with van der Waals surface area (Å²) in [6.07, 6.45) is 3.93. The number of aromatic nitrogens is 4. The molecule has 2 saturated heterocycles. The monoisotopic (exact) mass is 840 g/mol. The molecule has 14 nitrogen and oxygen atoms in total. The SMILES string of the molecule is COC(=O)NC(C(=O)N1CCC[C@H]1c1ncc(-c2ccc3cc(-c4ccc(-c5cnc([C@@H]6SCCN6C(=O)[C@H](NC(=O)OC)c6ccccc6)[nH]5)cc4)ccc3c2)[nH]1)C(C)C. The molecule has 2 aliphatic rings. The first-order valence-corrected chi connectivity index (χ1v) is 21.4. The van der Waals surface area contributed by atoms with Gasteiger partial charge in [-0.05, 0) is 63.9 Å². The number of nitrogens with one attached hydrogen (secondary N) is 4. The molecule has 1 unspecified atom stereocenters. The number of hydrogen-bond donors (Lipinski definition) is 4. The Kier molecular flexibility index (Phi) is 12.1. The molecule has 0 spiro atoms. The molecule has 0 aliphatic carbocycles. The topological polar surface area (TPSA) is 175 Å². The van der Waals surface area contributed by atoms with Gasteiger partial charge in [-0.3, -0.25) is 9.59 Å². The summed E-state index contributed by atoms with van der Waals surface area (Å²) in [6.45, 7) is 4.92. The Labute approximate surface area is 357 Å². The van der Waals surface area contributed by atoms with E-state index in [1.807, 2.05) is 55.3 Å². The summed E-state index contributed by atoms with van der Waals surface area (Å²) in [5.41, 5.74) is 6.47. The predicted molar refractivity (Wildman–Crippen MR) is 234 cm³/mol. The van der Waals surface area contributed by atoms with Gasteiger partial charge in [-0.1, -0.05) is 92.7 Å². The van der Waals surface area contributed by atoms with Crippen molar-refractivity contribution in [2.75, 3.05) is 33.1 Å². The zero-order chi connectivity index (χ0) is 42.6. The highest BCUT2D eigenvalue weighted by atomic mass is 32.2. The highest BCUT2D eigenvalue weighted by Gasteiger charge is 2.39. The van der Waals surface area contributed by atoms with Gasteiger partial charge >= 0.3 is 12.2 Å². The number of imidazole rings is 2. The first-order chi connectivity index (χ1) is 29.6. The maximum absolute atomic E-state index is 13.9. The Balaban J connectivity index is 0.942. The van der Waals surface area contributed by atoms with Crippen molar-refractivity contribution < 1.29 is 28.7 Å². The lowest BCUT2D eigenvalue weighted by Gasteiger charge is -2.30. The average molecular weight is 841 g/mol. The van der Waals surface area contributed by atoms with Crippen LogP contribution in [0.25, 0.3) is 44.4 Å². The number of ether oxygens (including phenoxy) is 2. The first-order valence-electron chi connectivity index (χ1n) is 20.3. The molecule has 2 fully saturated rings. The van der Waals surface area contributed by atoms with Crippen molar-refractivity contribution in [1.82, 2.24) is 40.4 Å². The summed E-state index contributed by atoms with van der Waals surface area (Å²) < 4.78 is 9.60. The number of carbonyl (C=O) groups excluding carboxylic acids is 4. The van der Waals surface area contributed by atoms with E-state index in [0.29, 0.717) is 24.5 Å². The molecular formula is C46H48N8O6S. The van der Waals surface area contributed by atoms with Crippen molar-refractivity contribution in [2.24, 2.45) is 5.92 Å². The van der Waals surface area contributed by atoms with E-state index in [0.717, 1.165) is 68.8 Å². The predicted octanol–water partition coefficient (Wildman–Crippen LogP) is 8.00. The second kappa shape index (κ2) is 17.9. The lowest BCUT2D eigenvalue weighted by molar-refractivity contribution is -0.135. The molecule has 0 saturated carbocycles. The molecule has 8 rings (SSSR count). The second-order valence-electron chi connectivity index (χ2n) is 15.5. The third-order valence-corrected chi connectivity index (χ3v) is 12.6. The third-order valence-electron chi connectivity index (χ3n) is 11.3. The quantitative estimate of drug-likeness (QED) is 0.101. The van der Waals surface area contributed by atoms with Gasteiger partial charge in [0.1, 0.15) is 29.1 Å². The van der Waals surface area contributed by atoms with E-state index in [-0.39, 0.29) is 29.1 Å². The third kappa shape index (κ3) is 8.69. The molecule has 314 valence electrons. The molecule has 4 atom stereocenters. The van der Waals surface area contributed by atoms with Crippen LogP contribution >= 0.6 is 11.8 Å². The number of nitrogens with zero attached hydrogens (tertiary/aromatic N) is 4. The Morgan fingerprint density at radius 3 is 2.02 bits per heavy atom. The van der Waals surface area contributed by atoms with Gasteiger partial charge in [-0.25, -0.2) is 19.6 Å². The number of likely N-dealkylation sites (tertiary alicyclic amines) is 1. The van der Waals surface area contributed by atoms with Crippen LogP contribution in [0.3, 0.4) is 0 Å². The van der Waals surface area contributed by atoms with Crippen LogP contribution in [-0.4, -0.2) is 92.8 Å². The minimum absolute atomic E-state index is 0.109. The van der Waals surface area contributed by atoms with Crippen LogP contribution in [0.2, 0.25) is 0 Å². The summed E-state index contributed by atoms with van der Waals surface area (Å²) in [5.74, 6) is 1.65. The van der Waals surface area contributed by atoms with Crippen molar-refractivity contribution in [3.8, 4) is 33.6 Å². The molecular weight excluding hydrogens is 793 g/mol. The van der Waals surface area contributed by atoms with E-state index in [1.165, 1.54) is 14.2 Å². The molecule has 15 heteroatoms. The first kappa shape index (κ1) is 41.1. The molecule has 2 aromatic heterocycles. The van der Waals surface area contributed by atoms with E-state index in [4.69, 9.17) is 19.4 Å². The number of carbonyl (C=O) groups is 4. The van der Waals surface area contributed by atoms with Crippen molar-refractivity contribution >= 4 is 46.5 Å². The summed E-state index contributed by atoms with van der Waals surface area (Å²) >= 11 is 1.62. The fourth-order valence-electron chi connectivity index (χ4n) is 8.09. The van der Waals surface area contributed by atoms with Gasteiger partial charge in [0.25, 0.3) is 5.91 Å². The number of hydrogen-bond acceptors (Lipinski definition) is 9. The minimum atomic E-state index is -0.893. The van der Waals surface area contributed by atoms with E-state index < -0.39 is 24.3 Å². The highest BCUT2D eigenvalue weighted by Crippen LogP contribution is 2.39. The van der Waals surface area contributed by atoms with Crippen LogP contribution in [0.5, 0.6) is 0 Å². The number of rotatable bonds is 11. The van der Waals surface area contributed by atoms with Crippen molar-refractivity contribution in [2.45, 2.75) is 50.2 Å². The lowest BCUT2D eigenvalue weighted by Crippen LogP contribution is -2.51. The Morgan fingerprint density at radius 1 is 0.705 bits per heavy atom. The number of fused-ring (bicyclic) bond motifs is 1. The summed E-state index contributed by atoms with van der Waals surface area (Å²) in [5, 5.41) is 7.25. The van der Waals surface area contributed by atoms with Gasteiger partial charge in [-0.2, -0.15) is 0 Å². The molecule has 4 amide bonds. The van der Waals surface area contributed by atoms with E-state index >= 15 is 0 Å². The van der Waals surface area contributed by atoms with Crippen LogP contribution in [0.4, 0.5) is 9.59 Å². The van der Waals surface area contributed by atoms with Gasteiger partial charge in [0.15, 0.2) is 0 Å². The zero-order valence-corrected chi connectivity index (χ0v) is 35.2. The molecule has 2 aliphatic heterocycles. The fraction of sp³-hybridized carbons (Fsp3) is 0.304. The molecule has 0 radical (unpaired) electrons. The van der Waals surface area contributed by atoms with Crippen LogP contribution in [0.15, 0.2) is 103 Å². The number of methoxy groups -OCH3 is 2. The van der Waals surface area contributed by atoms with Crippen LogP contribution in [0.1, 0.15) is 61.4 Å². The number of amides is 4. The molecule has 4 N–H and O–H groups in total. The Bertz CT molecular complexity index is 2540. The molecule has 4 aromatic carbocycles. The largest absolute Gasteiger partial charge is 0.453 e. The zero-order valence-electron chi connectivity index (χ0n) is 34.4. The van der Waals surface area contributed by atoms with Crippen LogP contribution in [0, 0.1) is 5.92 Å². The average Bonchev–Trinajstić information content (AvgIpc) is 4.14. The van der Waals surface area contributed by atoms with Crippen molar-refractivity contribution in [3.05, 3.63) is 121 Å². The molecule has 0 bridgehead atoms. The Hall–Kier alpha value is -6.61. The lowest BCUT2D eigenvalue weighted by atomic mass is 9.98. The van der Waals surface area contributed by atoms with E-state index in [9.17, 15) is 19.2 Å². The molecule has 61 heavy (non-hydrogen) atoms. The fourth-order valence-corrected chi connectivity index (χ4v) is 9.28.